The molecule has 9 aliphatic carbocycles. The van der Waals surface area contributed by atoms with Crippen LogP contribution in [0.1, 0.15) is 308 Å². The van der Waals surface area contributed by atoms with Gasteiger partial charge in [0, 0.05) is 49.6 Å². The van der Waals surface area contributed by atoms with Crippen molar-refractivity contribution in [3.8, 4) is 0 Å². The molecule has 548 valence electrons. The molecular formula is C85H150Cl4N2O2Zr2. The van der Waals surface area contributed by atoms with Crippen LogP contribution in [0.4, 0.5) is 5.69 Å². The van der Waals surface area contributed by atoms with Gasteiger partial charge in [0.1, 0.15) is 0 Å². The third-order valence-electron chi connectivity index (χ3n) is 28.1. The van der Waals surface area contributed by atoms with E-state index in [-0.39, 0.29) is 40.9 Å². The Morgan fingerprint density at radius 1 is 0.411 bits per heavy atom. The molecule has 0 spiro atoms. The van der Waals surface area contributed by atoms with Crippen molar-refractivity contribution in [2.75, 3.05) is 24.7 Å². The van der Waals surface area contributed by atoms with Gasteiger partial charge < -0.3 is 44.1 Å². The molecule has 11 aliphatic rings. The second-order valence-electron chi connectivity index (χ2n) is 36.5. The van der Waals surface area contributed by atoms with Crippen LogP contribution in [0.5, 0.6) is 0 Å². The van der Waals surface area contributed by atoms with E-state index < -0.39 is 41.7 Å². The van der Waals surface area contributed by atoms with Crippen LogP contribution in [0.2, 0.25) is 0 Å². The quantitative estimate of drug-likeness (QED) is 0.0905. The number of hydrogen-bond acceptors (Lipinski definition) is 4. The first-order valence-corrected chi connectivity index (χ1v) is 52.1. The van der Waals surface area contributed by atoms with Crippen molar-refractivity contribution in [3.05, 3.63) is 60.0 Å². The predicted octanol–water partition coefficient (Wildman–Crippen LogP) is 26.8. The molecule has 2 heterocycles. The van der Waals surface area contributed by atoms with E-state index in [1.807, 2.05) is 0 Å². The number of unbranched alkanes of at least 4 members (excludes halogenated alkanes) is 6. The Bertz CT molecular complexity index is 2240. The van der Waals surface area contributed by atoms with Gasteiger partial charge in [0.2, 0.25) is 0 Å². The average Bonchev–Trinajstić information content (AvgIpc) is 1.55. The molecule has 4 nitrogen and oxygen atoms in total. The van der Waals surface area contributed by atoms with Gasteiger partial charge in [-0.3, -0.25) is 4.90 Å². The summed E-state index contributed by atoms with van der Waals surface area (Å²) < 4.78 is 11.9. The summed E-state index contributed by atoms with van der Waals surface area (Å²) in [5, 5.41) is 0. The van der Waals surface area contributed by atoms with Gasteiger partial charge >= 0.3 is 75.7 Å². The molecule has 0 bridgehead atoms. The van der Waals surface area contributed by atoms with Gasteiger partial charge in [0.05, 0.1) is 11.2 Å². The van der Waals surface area contributed by atoms with Crippen molar-refractivity contribution in [3.63, 3.8) is 0 Å². The molecule has 1 aromatic rings. The summed E-state index contributed by atoms with van der Waals surface area (Å²) >= 11 is -1.65. The molecule has 10 heteroatoms. The molecule has 0 N–H and O–H groups in total. The number of halogens is 4. The number of benzene rings is 1. The van der Waals surface area contributed by atoms with Crippen molar-refractivity contribution in [2.45, 2.75) is 343 Å². The van der Waals surface area contributed by atoms with E-state index in [1.54, 1.807) is 31.4 Å². The summed E-state index contributed by atoms with van der Waals surface area (Å²) in [4.78, 5) is 6.35. The number of hydrogen-bond donors (Lipinski definition) is 0. The van der Waals surface area contributed by atoms with Gasteiger partial charge in [-0.1, -0.05) is 169 Å². The minimum atomic E-state index is -0.826. The zero-order valence-electron chi connectivity index (χ0n) is 64.6. The summed E-state index contributed by atoms with van der Waals surface area (Å²) in [5.74, 6) is 16.4. The molecule has 20 unspecified atom stereocenters. The minimum absolute atomic E-state index is 0. The third-order valence-corrected chi connectivity index (χ3v) is 28.1. The first-order chi connectivity index (χ1) is 43.6. The van der Waals surface area contributed by atoms with Crippen molar-refractivity contribution in [1.82, 2.24) is 4.90 Å². The summed E-state index contributed by atoms with van der Waals surface area (Å²) in [5.41, 5.74) is 2.56. The number of fused-ring (bicyclic) bond motifs is 10. The Morgan fingerprint density at radius 2 is 0.811 bits per heavy atom. The summed E-state index contributed by atoms with van der Waals surface area (Å²) in [6, 6.07) is 15.2. The molecule has 9 saturated carbocycles. The fourth-order valence-corrected chi connectivity index (χ4v) is 24.5. The van der Waals surface area contributed by atoms with Crippen molar-refractivity contribution in [2.24, 2.45) is 111 Å². The van der Waals surface area contributed by atoms with Crippen molar-refractivity contribution >= 4 is 39.7 Å². The molecule has 11 fully saturated rings. The van der Waals surface area contributed by atoms with Crippen LogP contribution >= 0.6 is 34.1 Å². The summed E-state index contributed by atoms with van der Waals surface area (Å²) in [6.45, 7) is 32.8. The van der Waals surface area contributed by atoms with Crippen molar-refractivity contribution < 1.29 is 51.2 Å². The zero-order chi connectivity index (χ0) is 65.1. The average molecular weight is 1560 g/mol. The van der Waals surface area contributed by atoms with Crippen molar-refractivity contribution in [1.29, 1.82) is 0 Å². The Balaban J connectivity index is 0.000000306. The van der Waals surface area contributed by atoms with Crippen LogP contribution in [0.3, 0.4) is 0 Å². The molecule has 95 heavy (non-hydrogen) atoms. The number of anilines is 1. The van der Waals surface area contributed by atoms with Gasteiger partial charge in [-0.15, -0.1) is 0 Å². The SMILES string of the molecule is CC1CCC2C(C1)C1C(C3CCCCC3C1C(C)(C)C1CCC(CCCCCCOC(C)(C)C)C1)N2CC1CCCCC1.CC1CCC2C(C1)C1C(C3CCCCC3C1C(C)(C)C1CCC(CCCCCCOC(C)(C)C)C1)N2c1ccccc1.[CH3-].[CH3-].[CH3-].[CH3-].[Cl][Zr+2][Cl].[Cl][Zr+2][Cl]. The maximum absolute atomic E-state index is 5.96. The molecular weight excluding hydrogens is 1410 g/mol. The van der Waals surface area contributed by atoms with Crippen LogP contribution < -0.4 is 4.90 Å². The van der Waals surface area contributed by atoms with Gasteiger partial charge in [0.25, 0.3) is 0 Å². The molecule has 20 atom stereocenters. The van der Waals surface area contributed by atoms with E-state index in [2.05, 4.69) is 123 Å². The number of para-hydroxylation sites is 1. The standard InChI is InChI=1S/C41H73NO.C40H65NO.4CH3.4ClH.2Zr/c1-29-21-24-36-35(26-29)37-38(33-19-13-14-20-34(33)39(37)42(36)28-31-17-11-9-12-18-31)41(5,6)32-23-22-30(27-32)16-10-7-8-15-25-43-40(2,3)4;1-28-21-24-35-34(26-28)36-37(32-19-13-14-20-33(32)38(36)41(35)31-17-11-9-12-18-31)40(5,6)30-23-22-29(27-30)16-10-7-8-15-25-42-39(2,3)4;;;;;;;;;;/h29-39H,7-28H2,1-6H3;9,11-12,17-18,28-30,32-38H,7-8,10,13-16,19-27H2,1-6H3;4*1H3;4*1H;;/q;;4*-1;;;;;2*+4/p-4. The number of ether oxygens (including phenoxy) is 2. The Hall–Kier alpha value is 1.83. The van der Waals surface area contributed by atoms with E-state index >= 15 is 0 Å². The van der Waals surface area contributed by atoms with Gasteiger partial charge in [-0.05, 0) is 281 Å². The van der Waals surface area contributed by atoms with E-state index in [1.165, 1.54) is 206 Å². The van der Waals surface area contributed by atoms with Gasteiger partial charge in [0.15, 0.2) is 0 Å². The van der Waals surface area contributed by atoms with E-state index in [9.17, 15) is 0 Å². The predicted molar refractivity (Wildman–Crippen MR) is 411 cm³/mol. The van der Waals surface area contributed by atoms with Crippen LogP contribution in [-0.4, -0.2) is 60.0 Å². The number of likely N-dealkylation sites (tertiary alicyclic amines) is 1. The summed E-state index contributed by atoms with van der Waals surface area (Å²) in [6.07, 6.45) is 51.5. The molecule has 2 aliphatic heterocycles. The van der Waals surface area contributed by atoms with Crippen LogP contribution in [0.25, 0.3) is 0 Å². The monoisotopic (exact) mass is 1550 g/mol. The third kappa shape index (κ3) is 22.5. The Kier molecular flexibility index (Phi) is 37.8. The molecule has 2 saturated heterocycles. The molecule has 0 amide bonds. The molecule has 1 aromatic carbocycles. The first kappa shape index (κ1) is 87.5. The fraction of sp³-hybridized carbons (Fsp3) is 0.882. The normalized spacial score (nSPS) is 35.7. The molecule has 0 aromatic heterocycles. The van der Waals surface area contributed by atoms with Crippen LogP contribution in [0.15, 0.2) is 30.3 Å². The number of nitrogens with zero attached hydrogens (tertiary/aromatic N) is 2. The second-order valence-corrected chi connectivity index (χ2v) is 44.0. The first-order valence-electron chi connectivity index (χ1n) is 39.4. The van der Waals surface area contributed by atoms with Crippen LogP contribution in [-0.2, 0) is 51.2 Å². The summed E-state index contributed by atoms with van der Waals surface area (Å²) in [7, 11) is 19.7. The second kappa shape index (κ2) is 41.1. The molecule has 12 rings (SSSR count). The Labute approximate surface area is 629 Å². The topological polar surface area (TPSA) is 24.9 Å². The van der Waals surface area contributed by atoms with E-state index in [4.69, 9.17) is 43.5 Å². The molecule has 0 radical (unpaired) electrons. The van der Waals surface area contributed by atoms with Crippen LogP contribution in [0, 0.1) is 141 Å². The number of rotatable bonds is 21. The zero-order valence-corrected chi connectivity index (χ0v) is 72.5. The fourth-order valence-electron chi connectivity index (χ4n) is 24.5. The van der Waals surface area contributed by atoms with Gasteiger partial charge in [-0.25, -0.2) is 0 Å². The van der Waals surface area contributed by atoms with Gasteiger partial charge in [-0.2, -0.15) is 0 Å². The van der Waals surface area contributed by atoms with E-state index in [0.29, 0.717) is 10.8 Å². The van der Waals surface area contributed by atoms with E-state index in [0.717, 1.165) is 138 Å². The Morgan fingerprint density at radius 3 is 1.27 bits per heavy atom. The maximum atomic E-state index is 5.96.